The predicted molar refractivity (Wildman–Crippen MR) is 46.3 cm³/mol. The molecule has 0 amide bonds. The summed E-state index contributed by atoms with van der Waals surface area (Å²) in [7, 11) is 0. The third kappa shape index (κ3) is 2.76. The summed E-state index contributed by atoms with van der Waals surface area (Å²) in [6, 6.07) is 3.30. The van der Waals surface area contributed by atoms with Gasteiger partial charge in [0.05, 0.1) is 4.92 Å². The van der Waals surface area contributed by atoms with E-state index in [1.165, 1.54) is 6.07 Å². The van der Waals surface area contributed by atoms with Crippen molar-refractivity contribution >= 4 is 5.69 Å². The van der Waals surface area contributed by atoms with Gasteiger partial charge in [0.2, 0.25) is 19.5 Å². The van der Waals surface area contributed by atoms with Gasteiger partial charge in [-0.05, 0) is 6.07 Å². The fraction of sp³-hybridized carbons (Fsp3) is 0.250. The molecule has 1 rings (SSSR count). The minimum Gasteiger partial charge on any atom is -0.463 e. The Hall–Kier alpha value is -1.92. The van der Waals surface area contributed by atoms with Crippen LogP contribution in [-0.2, 0) is 0 Å². The standard InChI is InChI=1S/C8H7F2NO4/c9-4-14-6-1-2-7(11(12)13)8(3-6)15-5-10/h1-3H,4-5H2. The number of benzene rings is 1. The Morgan fingerprint density at radius 2 is 1.93 bits per heavy atom. The Bertz CT molecular complexity index is 358. The van der Waals surface area contributed by atoms with Crippen LogP contribution < -0.4 is 9.47 Å². The van der Waals surface area contributed by atoms with Crippen LogP contribution in [0.3, 0.4) is 0 Å². The summed E-state index contributed by atoms with van der Waals surface area (Å²) >= 11 is 0. The summed E-state index contributed by atoms with van der Waals surface area (Å²) in [6.07, 6.45) is 0. The molecule has 0 fully saturated rings. The quantitative estimate of drug-likeness (QED) is 0.562. The maximum absolute atomic E-state index is 11.9. The van der Waals surface area contributed by atoms with Gasteiger partial charge in [0.1, 0.15) is 5.75 Å². The van der Waals surface area contributed by atoms with Crippen molar-refractivity contribution in [2.75, 3.05) is 13.7 Å². The molecule has 0 N–H and O–H groups in total. The molecule has 0 aromatic heterocycles. The number of rotatable bonds is 5. The van der Waals surface area contributed by atoms with Gasteiger partial charge in [-0.25, -0.2) is 8.78 Å². The Balaban J connectivity index is 3.03. The Morgan fingerprint density at radius 1 is 1.27 bits per heavy atom. The summed E-state index contributed by atoms with van der Waals surface area (Å²) in [6.45, 7) is -2.28. The molecule has 0 saturated heterocycles. The third-order valence-electron chi connectivity index (χ3n) is 1.56. The molecule has 0 aliphatic carbocycles. The molecule has 0 atom stereocenters. The fourth-order valence-corrected chi connectivity index (χ4v) is 0.972. The third-order valence-corrected chi connectivity index (χ3v) is 1.56. The normalized spacial score (nSPS) is 9.73. The molecule has 15 heavy (non-hydrogen) atoms. The van der Waals surface area contributed by atoms with Gasteiger partial charge in [-0.2, -0.15) is 0 Å². The van der Waals surface area contributed by atoms with Gasteiger partial charge in [-0.3, -0.25) is 10.1 Å². The molecule has 5 nitrogen and oxygen atoms in total. The lowest BCUT2D eigenvalue weighted by Gasteiger charge is -2.05. The van der Waals surface area contributed by atoms with Gasteiger partial charge in [0, 0.05) is 12.1 Å². The topological polar surface area (TPSA) is 61.6 Å². The first-order valence-corrected chi connectivity index (χ1v) is 3.85. The minimum atomic E-state index is -1.21. The Labute approximate surface area is 83.4 Å². The van der Waals surface area contributed by atoms with Gasteiger partial charge in [-0.15, -0.1) is 0 Å². The van der Waals surface area contributed by atoms with Crippen LogP contribution in [0.4, 0.5) is 14.5 Å². The number of hydrogen-bond acceptors (Lipinski definition) is 4. The molecular weight excluding hydrogens is 212 g/mol. The fourth-order valence-electron chi connectivity index (χ4n) is 0.972. The number of nitro groups is 1. The number of alkyl halides is 2. The highest BCUT2D eigenvalue weighted by atomic mass is 19.1. The van der Waals surface area contributed by atoms with E-state index in [2.05, 4.69) is 9.47 Å². The van der Waals surface area contributed by atoms with Crippen LogP contribution in [0.25, 0.3) is 0 Å². The van der Waals surface area contributed by atoms with Crippen molar-refractivity contribution in [3.05, 3.63) is 28.3 Å². The highest BCUT2D eigenvalue weighted by Gasteiger charge is 2.16. The number of hydrogen-bond donors (Lipinski definition) is 0. The molecule has 0 aliphatic rings. The van der Waals surface area contributed by atoms with Crippen LogP contribution in [0.1, 0.15) is 0 Å². The van der Waals surface area contributed by atoms with E-state index in [0.717, 1.165) is 12.1 Å². The number of halogens is 2. The van der Waals surface area contributed by atoms with Crippen molar-refractivity contribution in [2.24, 2.45) is 0 Å². The summed E-state index contributed by atoms with van der Waals surface area (Å²) in [5.41, 5.74) is -0.404. The molecule has 0 saturated carbocycles. The molecule has 7 heteroatoms. The smallest absolute Gasteiger partial charge is 0.311 e. The van der Waals surface area contributed by atoms with Crippen LogP contribution in [-0.4, -0.2) is 18.6 Å². The molecule has 0 radical (unpaired) electrons. The molecule has 0 unspecified atom stereocenters. The molecular formula is C8H7F2NO4. The van der Waals surface area contributed by atoms with Crippen molar-refractivity contribution in [1.82, 2.24) is 0 Å². The van der Waals surface area contributed by atoms with Crippen molar-refractivity contribution in [3.63, 3.8) is 0 Å². The van der Waals surface area contributed by atoms with Crippen LogP contribution in [0.5, 0.6) is 11.5 Å². The second-order valence-corrected chi connectivity index (χ2v) is 2.39. The maximum atomic E-state index is 11.9. The van der Waals surface area contributed by atoms with Crippen LogP contribution in [0.15, 0.2) is 18.2 Å². The summed E-state index contributed by atoms with van der Waals surface area (Å²) in [4.78, 5) is 9.72. The molecule has 0 heterocycles. The summed E-state index contributed by atoms with van der Waals surface area (Å²) in [5.74, 6) is -0.264. The zero-order valence-electron chi connectivity index (χ0n) is 7.48. The van der Waals surface area contributed by atoms with E-state index in [1.54, 1.807) is 0 Å². The van der Waals surface area contributed by atoms with Crippen molar-refractivity contribution < 1.29 is 23.2 Å². The van der Waals surface area contributed by atoms with Gasteiger partial charge in [-0.1, -0.05) is 0 Å². The lowest BCUT2D eigenvalue weighted by atomic mass is 10.3. The second-order valence-electron chi connectivity index (χ2n) is 2.39. The minimum absolute atomic E-state index is 0.0338. The Morgan fingerprint density at radius 3 is 2.47 bits per heavy atom. The number of nitrogens with zero attached hydrogens (tertiary/aromatic N) is 1. The van der Waals surface area contributed by atoms with Crippen molar-refractivity contribution in [3.8, 4) is 11.5 Å². The first-order chi connectivity index (χ1) is 7.19. The van der Waals surface area contributed by atoms with E-state index in [0.29, 0.717) is 0 Å². The number of nitro benzene ring substituents is 1. The van der Waals surface area contributed by atoms with Gasteiger partial charge < -0.3 is 9.47 Å². The average molecular weight is 219 g/mol. The molecule has 0 bridgehead atoms. The monoisotopic (exact) mass is 219 g/mol. The van der Waals surface area contributed by atoms with Crippen LogP contribution in [0, 0.1) is 10.1 Å². The SMILES string of the molecule is O=[N+]([O-])c1ccc(OCF)cc1OCF. The van der Waals surface area contributed by atoms with E-state index in [1.807, 2.05) is 0 Å². The molecule has 0 aliphatic heterocycles. The largest absolute Gasteiger partial charge is 0.463 e. The zero-order valence-corrected chi connectivity index (χ0v) is 7.48. The van der Waals surface area contributed by atoms with Gasteiger partial charge >= 0.3 is 5.69 Å². The highest BCUT2D eigenvalue weighted by Crippen LogP contribution is 2.31. The average Bonchev–Trinajstić information content (AvgIpc) is 2.18. The Kier molecular flexibility index (Phi) is 3.78. The van der Waals surface area contributed by atoms with E-state index in [4.69, 9.17) is 0 Å². The maximum Gasteiger partial charge on any atom is 0.311 e. The van der Waals surface area contributed by atoms with E-state index in [9.17, 15) is 18.9 Å². The van der Waals surface area contributed by atoms with Crippen molar-refractivity contribution in [2.45, 2.75) is 0 Å². The van der Waals surface area contributed by atoms with Crippen LogP contribution >= 0.6 is 0 Å². The van der Waals surface area contributed by atoms with E-state index in [-0.39, 0.29) is 11.5 Å². The predicted octanol–water partition coefficient (Wildman–Crippen LogP) is 2.21. The van der Waals surface area contributed by atoms with E-state index < -0.39 is 24.3 Å². The molecule has 82 valence electrons. The van der Waals surface area contributed by atoms with Crippen LogP contribution in [0.2, 0.25) is 0 Å². The van der Waals surface area contributed by atoms with E-state index >= 15 is 0 Å². The summed E-state index contributed by atoms with van der Waals surface area (Å²) < 4.78 is 32.5. The number of ether oxygens (including phenoxy) is 2. The lowest BCUT2D eigenvalue weighted by Crippen LogP contribution is -1.98. The first kappa shape index (κ1) is 11.2. The molecule has 1 aromatic carbocycles. The first-order valence-electron chi connectivity index (χ1n) is 3.85. The summed E-state index contributed by atoms with van der Waals surface area (Å²) in [5, 5.41) is 10.5. The second kappa shape index (κ2) is 5.08. The highest BCUT2D eigenvalue weighted by molar-refractivity contribution is 5.50. The molecule has 1 aromatic rings. The van der Waals surface area contributed by atoms with Crippen molar-refractivity contribution in [1.29, 1.82) is 0 Å². The zero-order chi connectivity index (χ0) is 11.3. The molecule has 0 spiro atoms. The van der Waals surface area contributed by atoms with Gasteiger partial charge in [0.25, 0.3) is 0 Å². The lowest BCUT2D eigenvalue weighted by molar-refractivity contribution is -0.386. The van der Waals surface area contributed by atoms with Gasteiger partial charge in [0.15, 0.2) is 0 Å².